The van der Waals surface area contributed by atoms with E-state index in [-0.39, 0.29) is 0 Å². The molecule has 3 fully saturated rings. The van der Waals surface area contributed by atoms with Crippen molar-refractivity contribution in [3.8, 4) is 0 Å². The molecule has 3 rings (SSSR count). The first-order valence-electron chi connectivity index (χ1n) is 12.1. The second kappa shape index (κ2) is 11.2. The van der Waals surface area contributed by atoms with E-state index in [0.717, 1.165) is 30.6 Å². The number of halogens is 2. The van der Waals surface area contributed by atoms with Crippen molar-refractivity contribution in [1.29, 1.82) is 0 Å². The van der Waals surface area contributed by atoms with Crippen molar-refractivity contribution in [1.82, 2.24) is 0 Å². The van der Waals surface area contributed by atoms with Gasteiger partial charge in [-0.25, -0.2) is 8.78 Å². The summed E-state index contributed by atoms with van der Waals surface area (Å²) in [5, 5.41) is 0. The van der Waals surface area contributed by atoms with Crippen molar-refractivity contribution >= 4 is 0 Å². The largest absolute Gasteiger partial charge is 0.375 e. The summed E-state index contributed by atoms with van der Waals surface area (Å²) in [5.74, 6) is 3.27. The number of hydrogen-bond donors (Lipinski definition) is 0. The van der Waals surface area contributed by atoms with Crippen molar-refractivity contribution in [2.45, 2.75) is 115 Å². The van der Waals surface area contributed by atoms with Gasteiger partial charge < -0.3 is 9.47 Å². The van der Waals surface area contributed by atoms with Crippen LogP contribution in [0.1, 0.15) is 90.9 Å². The molecule has 0 aromatic heterocycles. The van der Waals surface area contributed by atoms with E-state index in [9.17, 15) is 8.78 Å². The monoisotopic (exact) mass is 400 g/mol. The molecule has 0 aromatic carbocycles. The maximum absolute atomic E-state index is 14.5. The summed E-state index contributed by atoms with van der Waals surface area (Å²) in [5.41, 5.74) is 0. The van der Waals surface area contributed by atoms with Crippen LogP contribution < -0.4 is 0 Å². The van der Waals surface area contributed by atoms with Gasteiger partial charge in [0.05, 0.1) is 12.2 Å². The van der Waals surface area contributed by atoms with Crippen LogP contribution in [0.5, 0.6) is 0 Å². The molecule has 0 spiro atoms. The molecule has 0 aromatic rings. The van der Waals surface area contributed by atoms with Crippen molar-refractivity contribution in [3.05, 3.63) is 0 Å². The molecule has 3 aliphatic rings. The lowest BCUT2D eigenvalue weighted by Crippen LogP contribution is -2.47. The third-order valence-corrected chi connectivity index (χ3v) is 7.74. The van der Waals surface area contributed by atoms with Gasteiger partial charge >= 0.3 is 0 Å². The lowest BCUT2D eigenvalue weighted by Gasteiger charge is -2.38. The van der Waals surface area contributed by atoms with Crippen LogP contribution in [0.3, 0.4) is 0 Å². The predicted molar refractivity (Wildman–Crippen MR) is 110 cm³/mol. The third kappa shape index (κ3) is 6.14. The first-order chi connectivity index (χ1) is 13.6. The summed E-state index contributed by atoms with van der Waals surface area (Å²) in [4.78, 5) is 0. The van der Waals surface area contributed by atoms with Crippen LogP contribution in [0.25, 0.3) is 0 Å². The molecule has 28 heavy (non-hydrogen) atoms. The number of unbranched alkanes of at least 4 members (excludes halogenated alkanes) is 1. The highest BCUT2D eigenvalue weighted by atomic mass is 19.2. The lowest BCUT2D eigenvalue weighted by atomic mass is 9.69. The predicted octanol–water partition coefficient (Wildman–Crippen LogP) is 6.66. The van der Waals surface area contributed by atoms with Crippen molar-refractivity contribution in [2.75, 3.05) is 13.2 Å². The Bertz CT molecular complexity index is 430. The van der Waals surface area contributed by atoms with Crippen molar-refractivity contribution in [3.63, 3.8) is 0 Å². The van der Waals surface area contributed by atoms with Gasteiger partial charge in [-0.05, 0) is 81.5 Å². The van der Waals surface area contributed by atoms with E-state index in [1.807, 2.05) is 0 Å². The van der Waals surface area contributed by atoms with Gasteiger partial charge in [-0.2, -0.15) is 0 Å². The molecule has 3 aliphatic carbocycles. The average molecular weight is 401 g/mol. The number of alkyl halides is 2. The van der Waals surface area contributed by atoms with Crippen LogP contribution in [0.15, 0.2) is 0 Å². The molecule has 164 valence electrons. The Balaban J connectivity index is 1.34. The highest BCUT2D eigenvalue weighted by Gasteiger charge is 2.42. The van der Waals surface area contributed by atoms with Gasteiger partial charge in [-0.3, -0.25) is 0 Å². The van der Waals surface area contributed by atoms with Crippen molar-refractivity contribution < 1.29 is 18.3 Å². The van der Waals surface area contributed by atoms with Crippen LogP contribution in [0.4, 0.5) is 8.78 Å². The highest BCUT2D eigenvalue weighted by molar-refractivity contribution is 4.90. The molecule has 4 atom stereocenters. The zero-order chi connectivity index (χ0) is 19.9. The summed E-state index contributed by atoms with van der Waals surface area (Å²) in [6, 6.07) is 0. The van der Waals surface area contributed by atoms with E-state index in [4.69, 9.17) is 9.47 Å². The fourth-order valence-corrected chi connectivity index (χ4v) is 5.63. The van der Waals surface area contributed by atoms with Crippen LogP contribution in [-0.2, 0) is 9.47 Å². The first kappa shape index (κ1) is 22.5. The Kier molecular flexibility index (Phi) is 9.02. The number of ether oxygens (including phenoxy) is 2. The molecule has 3 saturated carbocycles. The van der Waals surface area contributed by atoms with Gasteiger partial charge in [0.15, 0.2) is 12.3 Å². The fraction of sp³-hybridized carbons (Fsp3) is 1.00. The Morgan fingerprint density at radius 2 is 1.25 bits per heavy atom. The quantitative estimate of drug-likeness (QED) is 0.424. The molecule has 0 aliphatic heterocycles. The fourth-order valence-electron chi connectivity index (χ4n) is 5.63. The maximum Gasteiger partial charge on any atom is 0.160 e. The van der Waals surface area contributed by atoms with E-state index >= 15 is 0 Å². The summed E-state index contributed by atoms with van der Waals surface area (Å²) < 4.78 is 40.4. The summed E-state index contributed by atoms with van der Waals surface area (Å²) in [7, 11) is 0. The van der Waals surface area contributed by atoms with Gasteiger partial charge in [0.2, 0.25) is 0 Å². The number of hydrogen-bond acceptors (Lipinski definition) is 2. The van der Waals surface area contributed by atoms with Crippen LogP contribution >= 0.6 is 0 Å². The minimum Gasteiger partial charge on any atom is -0.375 e. The Hall–Kier alpha value is -0.220. The van der Waals surface area contributed by atoms with Gasteiger partial charge in [-0.15, -0.1) is 0 Å². The molecule has 0 N–H and O–H groups in total. The molecule has 4 unspecified atom stereocenters. The van der Waals surface area contributed by atoms with Gasteiger partial charge in [-0.1, -0.05) is 33.1 Å². The molecule has 2 nitrogen and oxygen atoms in total. The molecule has 0 radical (unpaired) electrons. The summed E-state index contributed by atoms with van der Waals surface area (Å²) in [6.07, 6.45) is 9.44. The minimum absolute atomic E-state index is 0.530. The Labute approximate surface area is 171 Å². The zero-order valence-corrected chi connectivity index (χ0v) is 18.1. The molecule has 0 amide bonds. The highest BCUT2D eigenvalue weighted by Crippen LogP contribution is 2.41. The van der Waals surface area contributed by atoms with E-state index < -0.39 is 24.6 Å². The molecule has 0 heterocycles. The second-order valence-electron chi connectivity index (χ2n) is 9.90. The van der Waals surface area contributed by atoms with E-state index in [1.54, 1.807) is 0 Å². The van der Waals surface area contributed by atoms with E-state index in [1.165, 1.54) is 51.4 Å². The van der Waals surface area contributed by atoms with E-state index in [0.29, 0.717) is 32.0 Å². The smallest absolute Gasteiger partial charge is 0.160 e. The molecular formula is C24H42F2O2. The average Bonchev–Trinajstić information content (AvgIpc) is 2.72. The number of rotatable bonds is 8. The van der Waals surface area contributed by atoms with Gasteiger partial charge in [0.25, 0.3) is 0 Å². The molecular weight excluding hydrogens is 358 g/mol. The first-order valence-corrected chi connectivity index (χ1v) is 12.1. The summed E-state index contributed by atoms with van der Waals surface area (Å²) in [6.45, 7) is 5.59. The third-order valence-electron chi connectivity index (χ3n) is 7.74. The van der Waals surface area contributed by atoms with Crippen molar-refractivity contribution in [2.24, 2.45) is 23.7 Å². The van der Waals surface area contributed by atoms with Crippen LogP contribution in [0, 0.1) is 23.7 Å². The Morgan fingerprint density at radius 1 is 0.714 bits per heavy atom. The van der Waals surface area contributed by atoms with Crippen LogP contribution in [-0.4, -0.2) is 37.8 Å². The summed E-state index contributed by atoms with van der Waals surface area (Å²) >= 11 is 0. The van der Waals surface area contributed by atoms with Crippen LogP contribution in [0.2, 0.25) is 0 Å². The SMILES string of the molecule is CCCCOC1CCC(OCC2CCC(C3CCC(C)CC3)CC2)C(F)C1F. The second-order valence-corrected chi connectivity index (χ2v) is 9.90. The molecule has 0 saturated heterocycles. The molecule has 4 heteroatoms. The molecule has 0 bridgehead atoms. The van der Waals surface area contributed by atoms with Gasteiger partial charge in [0.1, 0.15) is 0 Å². The normalized spacial score (nSPS) is 42.4. The van der Waals surface area contributed by atoms with E-state index in [2.05, 4.69) is 13.8 Å². The maximum atomic E-state index is 14.5. The Morgan fingerprint density at radius 3 is 1.82 bits per heavy atom. The topological polar surface area (TPSA) is 18.5 Å². The zero-order valence-electron chi connectivity index (χ0n) is 18.1. The van der Waals surface area contributed by atoms with Gasteiger partial charge in [0, 0.05) is 13.2 Å². The standard InChI is InChI=1S/C24H42F2O2/c1-3-4-15-27-21-13-14-22(24(26)23(21)25)28-16-18-7-11-20(12-8-18)19-9-5-17(2)6-10-19/h17-24H,3-16H2,1-2H3. The lowest BCUT2D eigenvalue weighted by molar-refractivity contribution is -0.124. The minimum atomic E-state index is -1.54.